The van der Waals surface area contributed by atoms with Gasteiger partial charge in [-0.1, -0.05) is 48.5 Å². The number of carbonyl (C=O) groups is 1. The van der Waals surface area contributed by atoms with Crippen LogP contribution in [0.1, 0.15) is 28.9 Å². The summed E-state index contributed by atoms with van der Waals surface area (Å²) >= 11 is 0. The normalized spacial score (nSPS) is 19.0. The largest absolute Gasteiger partial charge is 0.641 e. The fraction of sp³-hybridized carbons (Fsp3) is 0.278. The van der Waals surface area contributed by atoms with E-state index in [1.165, 1.54) is 24.1 Å². The lowest BCUT2D eigenvalue weighted by atomic mass is 10.0. The van der Waals surface area contributed by atoms with Gasteiger partial charge < -0.3 is 15.0 Å². The molecule has 0 bridgehead atoms. The third-order valence-corrected chi connectivity index (χ3v) is 4.12. The summed E-state index contributed by atoms with van der Waals surface area (Å²) < 4.78 is 44.1. The molecule has 0 aromatic heterocycles. The van der Waals surface area contributed by atoms with E-state index in [1.54, 1.807) is 0 Å². The van der Waals surface area contributed by atoms with E-state index in [1.807, 2.05) is 30.3 Å². The van der Waals surface area contributed by atoms with Crippen molar-refractivity contribution < 1.29 is 22.7 Å². The summed E-state index contributed by atoms with van der Waals surface area (Å²) in [5, 5.41) is 4.15. The molecule has 2 aromatic rings. The molecule has 0 radical (unpaired) electrons. The lowest BCUT2D eigenvalue weighted by Crippen LogP contribution is -2.31. The van der Waals surface area contributed by atoms with Gasteiger partial charge in [-0.05, 0) is 23.4 Å². The predicted octanol–water partition coefficient (Wildman–Crippen LogP) is 4.90. The minimum atomic E-state index is -4.46. The van der Waals surface area contributed by atoms with Crippen molar-refractivity contribution in [2.24, 2.45) is 0 Å². The first-order valence-corrected chi connectivity index (χ1v) is 7.68. The Hall–Kier alpha value is -2.54. The number of amides is 1. The van der Waals surface area contributed by atoms with Crippen molar-refractivity contribution in [2.75, 3.05) is 13.7 Å². The Bertz CT molecular complexity index is 749. The third-order valence-electron chi connectivity index (χ3n) is 4.12. The van der Waals surface area contributed by atoms with Gasteiger partial charge in [0.2, 0.25) is 0 Å². The van der Waals surface area contributed by atoms with Gasteiger partial charge in [0.15, 0.2) is 0 Å². The fourth-order valence-electron chi connectivity index (χ4n) is 2.94. The van der Waals surface area contributed by atoms with E-state index in [2.05, 4.69) is 5.32 Å². The molecule has 1 fully saturated rings. The standard InChI is InChI=1S/C18H16F3N2O2/c1-22-16(13-8-5-9-14(10-13)18(19,20)21)23-15(11-25-17(23)24)12-6-3-2-4-7-12/h2-10,15-16H,11H2,1H3/q-1/t15-,16?/m1/s1. The van der Waals surface area contributed by atoms with E-state index in [0.29, 0.717) is 0 Å². The molecule has 4 nitrogen and oxygen atoms in total. The number of cyclic esters (lactones) is 1. The Kier molecular flexibility index (Phi) is 4.67. The summed E-state index contributed by atoms with van der Waals surface area (Å²) in [4.78, 5) is 13.6. The first-order chi connectivity index (χ1) is 11.9. The molecule has 1 amide bonds. The first kappa shape index (κ1) is 17.3. The zero-order valence-electron chi connectivity index (χ0n) is 13.4. The van der Waals surface area contributed by atoms with E-state index >= 15 is 0 Å². The number of ether oxygens (including phenoxy) is 1. The van der Waals surface area contributed by atoms with Crippen molar-refractivity contribution in [1.82, 2.24) is 4.90 Å². The Balaban J connectivity index is 1.98. The summed E-state index contributed by atoms with van der Waals surface area (Å²) in [6.45, 7) is 0.133. The molecule has 3 rings (SSSR count). The molecule has 0 aliphatic carbocycles. The molecular formula is C18H16F3N2O2-. The number of rotatable bonds is 4. The van der Waals surface area contributed by atoms with Gasteiger partial charge in [0, 0.05) is 0 Å². The first-order valence-electron chi connectivity index (χ1n) is 7.68. The van der Waals surface area contributed by atoms with Gasteiger partial charge >= 0.3 is 12.3 Å². The molecule has 0 saturated carbocycles. The molecule has 2 atom stereocenters. The second kappa shape index (κ2) is 6.76. The van der Waals surface area contributed by atoms with Crippen LogP contribution in [0.15, 0.2) is 54.6 Å². The van der Waals surface area contributed by atoms with Crippen molar-refractivity contribution in [3.05, 3.63) is 76.6 Å². The average molecular weight is 349 g/mol. The zero-order valence-corrected chi connectivity index (χ0v) is 13.4. The highest BCUT2D eigenvalue weighted by Gasteiger charge is 2.37. The van der Waals surface area contributed by atoms with Crippen LogP contribution >= 0.6 is 0 Å². The lowest BCUT2D eigenvalue weighted by molar-refractivity contribution is -0.137. The monoisotopic (exact) mass is 349 g/mol. The lowest BCUT2D eigenvalue weighted by Gasteiger charge is -2.39. The van der Waals surface area contributed by atoms with Gasteiger partial charge in [0.1, 0.15) is 6.61 Å². The Morgan fingerprint density at radius 1 is 1.16 bits per heavy atom. The van der Waals surface area contributed by atoms with Crippen molar-refractivity contribution >= 4 is 6.09 Å². The van der Waals surface area contributed by atoms with Crippen LogP contribution in [0.5, 0.6) is 0 Å². The van der Waals surface area contributed by atoms with E-state index < -0.39 is 30.0 Å². The highest BCUT2D eigenvalue weighted by molar-refractivity contribution is 5.71. The third kappa shape index (κ3) is 3.46. The van der Waals surface area contributed by atoms with Crippen LogP contribution < -0.4 is 0 Å². The number of hydrogen-bond acceptors (Lipinski definition) is 2. The van der Waals surface area contributed by atoms with Crippen molar-refractivity contribution in [3.8, 4) is 0 Å². The summed E-state index contributed by atoms with van der Waals surface area (Å²) in [6, 6.07) is 13.7. The molecule has 2 aromatic carbocycles. The smallest absolute Gasteiger partial charge is 0.416 e. The van der Waals surface area contributed by atoms with Gasteiger partial charge in [0.05, 0.1) is 11.6 Å². The van der Waals surface area contributed by atoms with Crippen molar-refractivity contribution in [2.45, 2.75) is 18.4 Å². The Morgan fingerprint density at radius 2 is 1.88 bits per heavy atom. The van der Waals surface area contributed by atoms with Crippen molar-refractivity contribution in [3.63, 3.8) is 0 Å². The Morgan fingerprint density at radius 3 is 2.52 bits per heavy atom. The zero-order chi connectivity index (χ0) is 18.0. The van der Waals surface area contributed by atoms with Gasteiger partial charge in [-0.25, -0.2) is 4.79 Å². The molecule has 25 heavy (non-hydrogen) atoms. The number of nitrogens with zero attached hydrogens (tertiary/aromatic N) is 2. The minimum absolute atomic E-state index is 0.133. The summed E-state index contributed by atoms with van der Waals surface area (Å²) in [6.07, 6.45) is -5.91. The van der Waals surface area contributed by atoms with Gasteiger partial charge in [-0.2, -0.15) is 20.2 Å². The number of alkyl halides is 3. The summed E-state index contributed by atoms with van der Waals surface area (Å²) in [7, 11) is 1.47. The number of halogens is 3. The molecule has 0 N–H and O–H groups in total. The maximum Gasteiger partial charge on any atom is 0.416 e. The second-order valence-electron chi connectivity index (χ2n) is 5.67. The molecular weight excluding hydrogens is 333 g/mol. The highest BCUT2D eigenvalue weighted by Crippen LogP contribution is 2.39. The minimum Gasteiger partial charge on any atom is -0.641 e. The van der Waals surface area contributed by atoms with Gasteiger partial charge in [-0.15, -0.1) is 0 Å². The van der Waals surface area contributed by atoms with Crippen LogP contribution in [0.3, 0.4) is 0 Å². The van der Waals surface area contributed by atoms with Crippen LogP contribution in [-0.2, 0) is 10.9 Å². The average Bonchev–Trinajstić information content (AvgIpc) is 2.98. The SMILES string of the molecule is C[N-]C(c1cccc(C(F)(F)F)c1)N1C(=O)OC[C@@H]1c1ccccc1. The molecule has 1 aliphatic heterocycles. The van der Waals surface area contributed by atoms with E-state index in [4.69, 9.17) is 4.74 Å². The molecule has 1 saturated heterocycles. The molecule has 132 valence electrons. The van der Waals surface area contributed by atoms with Crippen LogP contribution in [-0.4, -0.2) is 24.6 Å². The molecule has 1 heterocycles. The van der Waals surface area contributed by atoms with E-state index in [0.717, 1.165) is 17.7 Å². The van der Waals surface area contributed by atoms with Crippen LogP contribution in [0.2, 0.25) is 0 Å². The predicted molar refractivity (Wildman–Crippen MR) is 85.8 cm³/mol. The number of hydrogen-bond donors (Lipinski definition) is 0. The van der Waals surface area contributed by atoms with Crippen LogP contribution in [0.4, 0.5) is 18.0 Å². The quantitative estimate of drug-likeness (QED) is 0.788. The molecule has 0 spiro atoms. The maximum absolute atomic E-state index is 13.0. The Labute approximate surface area is 143 Å². The molecule has 7 heteroatoms. The fourth-order valence-corrected chi connectivity index (χ4v) is 2.94. The summed E-state index contributed by atoms with van der Waals surface area (Å²) in [5.74, 6) is 0. The van der Waals surface area contributed by atoms with Gasteiger partial charge in [0.25, 0.3) is 0 Å². The van der Waals surface area contributed by atoms with Crippen LogP contribution in [0, 0.1) is 0 Å². The maximum atomic E-state index is 13.0. The molecule has 1 unspecified atom stereocenters. The number of carbonyl (C=O) groups excluding carboxylic acids is 1. The second-order valence-corrected chi connectivity index (χ2v) is 5.67. The van der Waals surface area contributed by atoms with Crippen molar-refractivity contribution in [1.29, 1.82) is 0 Å². The van der Waals surface area contributed by atoms with E-state index in [-0.39, 0.29) is 12.2 Å². The van der Waals surface area contributed by atoms with Crippen LogP contribution in [0.25, 0.3) is 5.32 Å². The highest BCUT2D eigenvalue weighted by atomic mass is 19.4. The molecule has 1 aliphatic rings. The summed E-state index contributed by atoms with van der Waals surface area (Å²) in [5.41, 5.74) is 0.355. The topological polar surface area (TPSA) is 43.6 Å². The number of benzene rings is 2. The van der Waals surface area contributed by atoms with Gasteiger partial charge in [-0.3, -0.25) is 0 Å². The van der Waals surface area contributed by atoms with E-state index in [9.17, 15) is 18.0 Å².